The van der Waals surface area contributed by atoms with E-state index in [4.69, 9.17) is 58.0 Å². The summed E-state index contributed by atoms with van der Waals surface area (Å²) in [7, 11) is 1.74. The van der Waals surface area contributed by atoms with Gasteiger partial charge >= 0.3 is 0 Å². The summed E-state index contributed by atoms with van der Waals surface area (Å²) >= 11 is 31.0. The maximum atomic E-state index is 12.5. The highest BCUT2D eigenvalue weighted by Gasteiger charge is 2.20. The fourth-order valence-electron chi connectivity index (χ4n) is 2.75. The molecule has 0 radical (unpaired) electrons. The zero-order chi connectivity index (χ0) is 24.3. The molecular formula is C20H16Cl5N5O2S. The summed E-state index contributed by atoms with van der Waals surface area (Å²) < 4.78 is 1.70. The van der Waals surface area contributed by atoms with Gasteiger partial charge in [-0.25, -0.2) is 0 Å². The fourth-order valence-corrected chi connectivity index (χ4v) is 4.36. The maximum Gasteiger partial charge on any atom is 0.251 e. The summed E-state index contributed by atoms with van der Waals surface area (Å²) in [5.74, 6) is -0.0900. The summed E-state index contributed by atoms with van der Waals surface area (Å²) in [6.07, 6.45) is 0. The number of amides is 2. The Morgan fingerprint density at radius 1 is 0.970 bits per heavy atom. The van der Waals surface area contributed by atoms with Crippen LogP contribution in [0, 0.1) is 0 Å². The molecular weight excluding hydrogens is 552 g/mol. The van der Waals surface area contributed by atoms with Gasteiger partial charge in [-0.3, -0.25) is 9.59 Å². The van der Waals surface area contributed by atoms with E-state index in [1.54, 1.807) is 30.7 Å². The van der Waals surface area contributed by atoms with Crippen LogP contribution in [-0.4, -0.2) is 32.3 Å². The van der Waals surface area contributed by atoms with Crippen LogP contribution in [0.3, 0.4) is 0 Å². The van der Waals surface area contributed by atoms with E-state index in [2.05, 4.69) is 20.8 Å². The van der Waals surface area contributed by atoms with Crippen molar-refractivity contribution in [2.75, 3.05) is 11.1 Å². The number of carbonyl (C=O) groups is 2. The van der Waals surface area contributed by atoms with Gasteiger partial charge in [0.05, 0.1) is 42.6 Å². The van der Waals surface area contributed by atoms with Crippen LogP contribution < -0.4 is 10.6 Å². The molecule has 0 aliphatic heterocycles. The lowest BCUT2D eigenvalue weighted by atomic mass is 10.2. The Labute approximate surface area is 219 Å². The smallest absolute Gasteiger partial charge is 0.251 e. The zero-order valence-electron chi connectivity index (χ0n) is 17.1. The van der Waals surface area contributed by atoms with Gasteiger partial charge in [-0.05, 0) is 37.3 Å². The number of halogens is 5. The minimum absolute atomic E-state index is 0.0482. The Morgan fingerprint density at radius 3 is 2.33 bits per heavy atom. The summed E-state index contributed by atoms with van der Waals surface area (Å²) in [6, 6.07) is 7.10. The summed E-state index contributed by atoms with van der Waals surface area (Å²) in [5.41, 5.74) is 0.722. The molecule has 3 rings (SSSR count). The molecule has 0 aliphatic carbocycles. The van der Waals surface area contributed by atoms with Crippen molar-refractivity contribution in [3.8, 4) is 0 Å². The third-order valence-corrected chi connectivity index (χ3v) is 7.20. The molecule has 0 fully saturated rings. The zero-order valence-corrected chi connectivity index (χ0v) is 21.7. The number of thioether (sulfide) groups is 1. The predicted molar refractivity (Wildman–Crippen MR) is 134 cm³/mol. The van der Waals surface area contributed by atoms with Gasteiger partial charge in [-0.2, -0.15) is 0 Å². The van der Waals surface area contributed by atoms with Crippen LogP contribution in [0.4, 0.5) is 5.69 Å². The Hall–Kier alpha value is -1.68. The second-order valence-electron chi connectivity index (χ2n) is 6.81. The number of nitrogens with zero attached hydrogens (tertiary/aromatic N) is 3. The Morgan fingerprint density at radius 2 is 1.64 bits per heavy atom. The molecule has 13 heteroatoms. The van der Waals surface area contributed by atoms with E-state index >= 15 is 0 Å². The molecule has 1 atom stereocenters. The van der Waals surface area contributed by atoms with E-state index in [1.165, 1.54) is 30.0 Å². The first-order valence-electron chi connectivity index (χ1n) is 9.29. The summed E-state index contributed by atoms with van der Waals surface area (Å²) in [5, 5.41) is 15.7. The van der Waals surface area contributed by atoms with Crippen molar-refractivity contribution in [2.24, 2.45) is 7.05 Å². The molecule has 2 aromatic carbocycles. The van der Waals surface area contributed by atoms with Crippen LogP contribution in [0.2, 0.25) is 25.1 Å². The monoisotopic (exact) mass is 565 g/mol. The third-order valence-electron chi connectivity index (χ3n) is 4.40. The van der Waals surface area contributed by atoms with Gasteiger partial charge in [-0.1, -0.05) is 69.8 Å². The highest BCUT2D eigenvalue weighted by atomic mass is 35.5. The molecule has 3 aromatic rings. The van der Waals surface area contributed by atoms with Gasteiger partial charge in [-0.15, -0.1) is 10.2 Å². The first-order valence-corrected chi connectivity index (χ1v) is 12.2. The van der Waals surface area contributed by atoms with E-state index in [1.807, 2.05) is 0 Å². The molecule has 0 spiro atoms. The first-order chi connectivity index (χ1) is 15.6. The van der Waals surface area contributed by atoms with Gasteiger partial charge in [0.2, 0.25) is 5.91 Å². The van der Waals surface area contributed by atoms with Gasteiger partial charge < -0.3 is 15.2 Å². The number of aromatic nitrogens is 3. The third kappa shape index (κ3) is 6.47. The number of carbonyl (C=O) groups excluding carboxylic acids is 2. The predicted octanol–water partition coefficient (Wildman–Crippen LogP) is 6.30. The number of rotatable bonds is 7. The Kier molecular flexibility index (Phi) is 8.77. The SMILES string of the molecule is C[C@H](NC(=O)c1ccc(Cl)c(Cl)c1)c1nnc(SCC(=O)Nc2cc(Cl)c(Cl)cc2Cl)n1C. The summed E-state index contributed by atoms with van der Waals surface area (Å²) in [4.78, 5) is 24.9. The van der Waals surface area contributed by atoms with Crippen molar-refractivity contribution in [2.45, 2.75) is 18.1 Å². The highest BCUT2D eigenvalue weighted by molar-refractivity contribution is 7.99. The minimum Gasteiger partial charge on any atom is -0.342 e. The van der Waals surface area contributed by atoms with Crippen molar-refractivity contribution in [3.63, 3.8) is 0 Å². The molecule has 33 heavy (non-hydrogen) atoms. The molecule has 7 nitrogen and oxygen atoms in total. The van der Waals surface area contributed by atoms with Crippen LogP contribution >= 0.6 is 69.8 Å². The second kappa shape index (κ2) is 11.2. The van der Waals surface area contributed by atoms with Gasteiger partial charge in [0, 0.05) is 12.6 Å². The van der Waals surface area contributed by atoms with Gasteiger partial charge in [0.25, 0.3) is 5.91 Å². The average molecular weight is 568 g/mol. The quantitative estimate of drug-likeness (QED) is 0.258. The maximum absolute atomic E-state index is 12.5. The van der Waals surface area contributed by atoms with Gasteiger partial charge in [0.1, 0.15) is 0 Å². The Balaban J connectivity index is 1.60. The molecule has 2 N–H and O–H groups in total. The Bertz CT molecular complexity index is 1220. The lowest BCUT2D eigenvalue weighted by Gasteiger charge is -2.14. The number of benzene rings is 2. The van der Waals surface area contributed by atoms with Gasteiger partial charge in [0.15, 0.2) is 11.0 Å². The number of nitrogens with one attached hydrogen (secondary N) is 2. The largest absolute Gasteiger partial charge is 0.342 e. The highest BCUT2D eigenvalue weighted by Crippen LogP contribution is 2.32. The van der Waals surface area contributed by atoms with Crippen molar-refractivity contribution in [1.29, 1.82) is 0 Å². The first kappa shape index (κ1) is 25.9. The second-order valence-corrected chi connectivity index (χ2v) is 9.79. The topological polar surface area (TPSA) is 88.9 Å². The molecule has 0 bridgehead atoms. The summed E-state index contributed by atoms with van der Waals surface area (Å²) in [6.45, 7) is 1.77. The average Bonchev–Trinajstić information content (AvgIpc) is 3.12. The molecule has 0 saturated carbocycles. The standard InChI is InChI=1S/C20H16Cl5N5O2S/c1-9(26-19(32)10-3-4-11(21)12(22)5-10)18-28-29-20(30(18)2)33-8-17(31)27-16-7-14(24)13(23)6-15(16)25/h3-7,9H,8H2,1-2H3,(H,26,32)(H,27,31)/t9-/m0/s1. The molecule has 1 aromatic heterocycles. The number of anilines is 1. The van der Waals surface area contributed by atoms with Crippen LogP contribution in [0.5, 0.6) is 0 Å². The molecule has 2 amide bonds. The van der Waals surface area contributed by atoms with Crippen molar-refractivity contribution < 1.29 is 9.59 Å². The van der Waals surface area contributed by atoms with Crippen LogP contribution in [0.15, 0.2) is 35.5 Å². The van der Waals surface area contributed by atoms with E-state index in [0.717, 1.165) is 0 Å². The minimum atomic E-state index is -0.456. The van der Waals surface area contributed by atoms with E-state index < -0.39 is 6.04 Å². The fraction of sp³-hybridized carbons (Fsp3) is 0.200. The van der Waals surface area contributed by atoms with E-state index in [0.29, 0.717) is 32.3 Å². The lowest BCUT2D eigenvalue weighted by molar-refractivity contribution is -0.113. The van der Waals surface area contributed by atoms with Crippen molar-refractivity contribution in [1.82, 2.24) is 20.1 Å². The molecule has 0 aliphatic rings. The van der Waals surface area contributed by atoms with E-state index in [9.17, 15) is 9.59 Å². The molecule has 1 heterocycles. The van der Waals surface area contributed by atoms with Crippen LogP contribution in [-0.2, 0) is 11.8 Å². The van der Waals surface area contributed by atoms with E-state index in [-0.39, 0.29) is 32.6 Å². The van der Waals surface area contributed by atoms with Crippen molar-refractivity contribution >= 4 is 87.3 Å². The molecule has 0 saturated heterocycles. The number of hydrogen-bond acceptors (Lipinski definition) is 5. The lowest BCUT2D eigenvalue weighted by Crippen LogP contribution is -2.28. The number of hydrogen-bond donors (Lipinski definition) is 2. The van der Waals surface area contributed by atoms with Crippen molar-refractivity contribution in [3.05, 3.63) is 66.8 Å². The normalized spacial score (nSPS) is 11.8. The molecule has 0 unspecified atom stereocenters. The molecule has 174 valence electrons. The van der Waals surface area contributed by atoms with Crippen LogP contribution in [0.25, 0.3) is 0 Å². The van der Waals surface area contributed by atoms with Crippen LogP contribution in [0.1, 0.15) is 29.1 Å².